The second kappa shape index (κ2) is 7.77. The SMILES string of the molecule is Cc1ccc(/C=C/C(=O)OCc2nc(-c3ccc(Cl)cc3)no2)cc1. The fraction of sp³-hybridized carbons (Fsp3) is 0.105. The zero-order valence-corrected chi connectivity index (χ0v) is 14.2. The third-order valence-electron chi connectivity index (χ3n) is 3.40. The van der Waals surface area contributed by atoms with Crippen molar-refractivity contribution >= 4 is 23.6 Å². The van der Waals surface area contributed by atoms with Crippen molar-refractivity contribution in [2.24, 2.45) is 0 Å². The number of carbonyl (C=O) groups is 1. The van der Waals surface area contributed by atoms with Crippen LogP contribution in [0.25, 0.3) is 17.5 Å². The van der Waals surface area contributed by atoms with E-state index in [2.05, 4.69) is 10.1 Å². The second-order valence-corrected chi connectivity index (χ2v) is 5.81. The molecule has 3 rings (SSSR count). The molecule has 0 aliphatic rings. The number of ether oxygens (including phenoxy) is 1. The maximum absolute atomic E-state index is 11.8. The lowest BCUT2D eigenvalue weighted by Gasteiger charge is -1.97. The minimum atomic E-state index is -0.480. The van der Waals surface area contributed by atoms with Gasteiger partial charge in [-0.3, -0.25) is 0 Å². The van der Waals surface area contributed by atoms with E-state index in [1.54, 1.807) is 30.3 Å². The number of aromatic nitrogens is 2. The van der Waals surface area contributed by atoms with Crippen LogP contribution >= 0.6 is 11.6 Å². The average molecular weight is 355 g/mol. The summed E-state index contributed by atoms with van der Waals surface area (Å²) >= 11 is 5.84. The highest BCUT2D eigenvalue weighted by atomic mass is 35.5. The van der Waals surface area contributed by atoms with Crippen LogP contribution in [-0.4, -0.2) is 16.1 Å². The summed E-state index contributed by atoms with van der Waals surface area (Å²) in [4.78, 5) is 15.9. The Hall–Kier alpha value is -2.92. The lowest BCUT2D eigenvalue weighted by Crippen LogP contribution is -2.00. The predicted octanol–water partition coefficient (Wildman–Crippen LogP) is 4.46. The Labute approximate surface area is 149 Å². The smallest absolute Gasteiger partial charge is 0.331 e. The van der Waals surface area contributed by atoms with E-state index in [9.17, 15) is 4.79 Å². The minimum absolute atomic E-state index is 0.0857. The maximum atomic E-state index is 11.8. The molecule has 0 bridgehead atoms. The Bertz CT molecular complexity index is 884. The van der Waals surface area contributed by atoms with E-state index < -0.39 is 5.97 Å². The number of halogens is 1. The molecule has 0 spiro atoms. The third-order valence-corrected chi connectivity index (χ3v) is 3.65. The zero-order valence-electron chi connectivity index (χ0n) is 13.5. The summed E-state index contributed by atoms with van der Waals surface area (Å²) in [6.45, 7) is 1.92. The van der Waals surface area contributed by atoms with Gasteiger partial charge in [-0.2, -0.15) is 4.98 Å². The largest absolute Gasteiger partial charge is 0.452 e. The quantitative estimate of drug-likeness (QED) is 0.500. The molecule has 0 saturated carbocycles. The molecular formula is C19H15ClN2O3. The summed E-state index contributed by atoms with van der Waals surface area (Å²) in [5.41, 5.74) is 2.85. The van der Waals surface area contributed by atoms with E-state index in [4.69, 9.17) is 20.9 Å². The molecule has 5 nitrogen and oxygen atoms in total. The molecule has 0 N–H and O–H groups in total. The van der Waals surface area contributed by atoms with Crippen molar-refractivity contribution in [2.45, 2.75) is 13.5 Å². The van der Waals surface area contributed by atoms with Gasteiger partial charge in [-0.25, -0.2) is 4.79 Å². The van der Waals surface area contributed by atoms with Gasteiger partial charge in [-0.1, -0.05) is 46.6 Å². The van der Waals surface area contributed by atoms with Crippen LogP contribution in [0, 0.1) is 6.92 Å². The topological polar surface area (TPSA) is 65.2 Å². The van der Waals surface area contributed by atoms with Gasteiger partial charge in [0.25, 0.3) is 5.89 Å². The number of esters is 1. The monoisotopic (exact) mass is 354 g/mol. The predicted molar refractivity (Wildman–Crippen MR) is 94.8 cm³/mol. The molecule has 25 heavy (non-hydrogen) atoms. The Balaban J connectivity index is 1.55. The number of nitrogens with zero attached hydrogens (tertiary/aromatic N) is 2. The normalized spacial score (nSPS) is 11.0. The van der Waals surface area contributed by atoms with Crippen molar-refractivity contribution in [3.8, 4) is 11.4 Å². The molecule has 0 amide bonds. The molecular weight excluding hydrogens is 340 g/mol. The lowest BCUT2D eigenvalue weighted by molar-refractivity contribution is -0.139. The van der Waals surface area contributed by atoms with Crippen LogP contribution in [0.3, 0.4) is 0 Å². The Morgan fingerprint density at radius 3 is 2.60 bits per heavy atom. The Morgan fingerprint density at radius 2 is 1.88 bits per heavy atom. The lowest BCUT2D eigenvalue weighted by atomic mass is 10.1. The molecule has 0 saturated heterocycles. The molecule has 0 unspecified atom stereocenters. The molecule has 0 radical (unpaired) electrons. The first-order valence-corrected chi connectivity index (χ1v) is 7.98. The first-order chi connectivity index (χ1) is 12.1. The number of aryl methyl sites for hydroxylation is 1. The number of benzene rings is 2. The van der Waals surface area contributed by atoms with E-state index >= 15 is 0 Å². The van der Waals surface area contributed by atoms with Gasteiger partial charge >= 0.3 is 5.97 Å². The Morgan fingerprint density at radius 1 is 1.16 bits per heavy atom. The first kappa shape index (κ1) is 16.9. The van der Waals surface area contributed by atoms with E-state index in [1.807, 2.05) is 31.2 Å². The molecule has 0 atom stereocenters. The van der Waals surface area contributed by atoms with E-state index in [-0.39, 0.29) is 12.5 Å². The van der Waals surface area contributed by atoms with Gasteiger partial charge in [0.15, 0.2) is 6.61 Å². The zero-order chi connectivity index (χ0) is 17.6. The van der Waals surface area contributed by atoms with Crippen molar-refractivity contribution in [3.05, 3.63) is 76.6 Å². The summed E-state index contributed by atoms with van der Waals surface area (Å²) in [5.74, 6) is 0.159. The standard InChI is InChI=1S/C19H15ClN2O3/c1-13-2-4-14(5-3-13)6-11-18(23)24-12-17-21-19(22-25-17)15-7-9-16(20)10-8-15/h2-11H,12H2,1H3/b11-6+. The molecule has 3 aromatic rings. The molecule has 0 fully saturated rings. The fourth-order valence-corrected chi connectivity index (χ4v) is 2.18. The molecule has 6 heteroatoms. The van der Waals surface area contributed by atoms with Gasteiger partial charge in [0.2, 0.25) is 5.82 Å². The first-order valence-electron chi connectivity index (χ1n) is 7.60. The van der Waals surface area contributed by atoms with E-state index in [1.165, 1.54) is 6.08 Å². The summed E-state index contributed by atoms with van der Waals surface area (Å²) in [6, 6.07) is 14.8. The number of rotatable bonds is 5. The van der Waals surface area contributed by atoms with Crippen LogP contribution in [0.15, 0.2) is 59.1 Å². The maximum Gasteiger partial charge on any atom is 0.331 e. The van der Waals surface area contributed by atoms with Crippen LogP contribution in [0.4, 0.5) is 0 Å². The van der Waals surface area contributed by atoms with Crippen molar-refractivity contribution in [1.82, 2.24) is 10.1 Å². The van der Waals surface area contributed by atoms with E-state index in [0.29, 0.717) is 10.8 Å². The van der Waals surface area contributed by atoms with Gasteiger partial charge in [0.05, 0.1) is 0 Å². The minimum Gasteiger partial charge on any atom is -0.452 e. The van der Waals surface area contributed by atoms with Gasteiger partial charge in [-0.15, -0.1) is 0 Å². The molecule has 0 aliphatic carbocycles. The van der Waals surface area contributed by atoms with Crippen LogP contribution in [0.2, 0.25) is 5.02 Å². The number of hydrogen-bond acceptors (Lipinski definition) is 5. The average Bonchev–Trinajstić information content (AvgIpc) is 3.09. The van der Waals surface area contributed by atoms with Gasteiger partial charge in [0, 0.05) is 16.7 Å². The summed E-state index contributed by atoms with van der Waals surface area (Å²) in [6.07, 6.45) is 3.05. The van der Waals surface area contributed by atoms with Crippen LogP contribution in [0.5, 0.6) is 0 Å². The van der Waals surface area contributed by atoms with Crippen LogP contribution < -0.4 is 0 Å². The number of hydrogen-bond donors (Lipinski definition) is 0. The molecule has 0 aliphatic heterocycles. The van der Waals surface area contributed by atoms with Gasteiger partial charge < -0.3 is 9.26 Å². The van der Waals surface area contributed by atoms with Crippen molar-refractivity contribution in [3.63, 3.8) is 0 Å². The highest BCUT2D eigenvalue weighted by molar-refractivity contribution is 6.30. The molecule has 2 aromatic carbocycles. The van der Waals surface area contributed by atoms with Crippen molar-refractivity contribution < 1.29 is 14.1 Å². The third kappa shape index (κ3) is 4.78. The molecule has 1 heterocycles. The second-order valence-electron chi connectivity index (χ2n) is 5.37. The Kier molecular flexibility index (Phi) is 5.26. The van der Waals surface area contributed by atoms with Crippen molar-refractivity contribution in [1.29, 1.82) is 0 Å². The van der Waals surface area contributed by atoms with Gasteiger partial charge in [0.1, 0.15) is 0 Å². The molecule has 1 aromatic heterocycles. The molecule has 126 valence electrons. The number of carbonyl (C=O) groups excluding carboxylic acids is 1. The van der Waals surface area contributed by atoms with Gasteiger partial charge in [-0.05, 0) is 42.8 Å². The highest BCUT2D eigenvalue weighted by Gasteiger charge is 2.10. The summed E-state index contributed by atoms with van der Waals surface area (Å²) < 4.78 is 10.2. The summed E-state index contributed by atoms with van der Waals surface area (Å²) in [7, 11) is 0. The van der Waals surface area contributed by atoms with Crippen molar-refractivity contribution in [2.75, 3.05) is 0 Å². The van der Waals surface area contributed by atoms with Crippen LogP contribution in [-0.2, 0) is 16.1 Å². The highest BCUT2D eigenvalue weighted by Crippen LogP contribution is 2.18. The fourth-order valence-electron chi connectivity index (χ4n) is 2.05. The summed E-state index contributed by atoms with van der Waals surface area (Å²) in [5, 5.41) is 4.48. The van der Waals surface area contributed by atoms with E-state index in [0.717, 1.165) is 16.7 Å². The van der Waals surface area contributed by atoms with Crippen LogP contribution in [0.1, 0.15) is 17.0 Å².